The van der Waals surface area contributed by atoms with E-state index in [4.69, 9.17) is 4.74 Å². The summed E-state index contributed by atoms with van der Waals surface area (Å²) in [5.41, 5.74) is 0. The van der Waals surface area contributed by atoms with Crippen LogP contribution in [0.1, 0.15) is 6.42 Å². The molecule has 0 fully saturated rings. The van der Waals surface area contributed by atoms with E-state index in [-0.39, 0.29) is 0 Å². The summed E-state index contributed by atoms with van der Waals surface area (Å²) in [4.78, 5) is 2.14. The number of alkyl halides is 2. The quantitative estimate of drug-likeness (QED) is 0.570. The average Bonchev–Trinajstić information content (AvgIpc) is 2.13. The van der Waals surface area contributed by atoms with Crippen molar-refractivity contribution in [1.29, 1.82) is 0 Å². The number of likely N-dealkylation sites (N-methyl/N-ethyl adjacent to an activating group) is 2. The van der Waals surface area contributed by atoms with Gasteiger partial charge in [0, 0.05) is 26.2 Å². The lowest BCUT2D eigenvalue weighted by atomic mass is 10.4. The van der Waals surface area contributed by atoms with Gasteiger partial charge in [-0.1, -0.05) is 0 Å². The largest absolute Gasteiger partial charge is 0.375 e. The van der Waals surface area contributed by atoms with Crippen molar-refractivity contribution < 1.29 is 13.5 Å². The molecule has 0 saturated carbocycles. The van der Waals surface area contributed by atoms with Crippen LogP contribution in [0.2, 0.25) is 0 Å². The highest BCUT2D eigenvalue weighted by molar-refractivity contribution is 4.52. The van der Waals surface area contributed by atoms with Gasteiger partial charge in [0.1, 0.15) is 6.61 Å². The van der Waals surface area contributed by atoms with Crippen molar-refractivity contribution in [3.05, 3.63) is 0 Å². The number of hydrogen-bond donors (Lipinski definition) is 1. The maximum Gasteiger partial charge on any atom is 0.261 e. The molecule has 1 N–H and O–H groups in total. The molecule has 86 valence electrons. The van der Waals surface area contributed by atoms with E-state index in [0.29, 0.717) is 6.61 Å². The van der Waals surface area contributed by atoms with Gasteiger partial charge >= 0.3 is 0 Å². The second-order valence-electron chi connectivity index (χ2n) is 3.23. The van der Waals surface area contributed by atoms with Crippen molar-refractivity contribution >= 4 is 0 Å². The molecular weight excluding hydrogens is 190 g/mol. The summed E-state index contributed by atoms with van der Waals surface area (Å²) >= 11 is 0. The second kappa shape index (κ2) is 9.30. The van der Waals surface area contributed by atoms with Gasteiger partial charge in [0.05, 0.1) is 0 Å². The highest BCUT2D eigenvalue weighted by Gasteiger charge is 2.01. The molecule has 0 aromatic heterocycles. The molecule has 0 aromatic carbocycles. The van der Waals surface area contributed by atoms with E-state index in [0.717, 1.165) is 26.1 Å². The molecule has 0 unspecified atom stereocenters. The third-order valence-corrected chi connectivity index (χ3v) is 1.82. The van der Waals surface area contributed by atoms with Gasteiger partial charge < -0.3 is 15.0 Å². The molecule has 0 bridgehead atoms. The minimum atomic E-state index is -2.35. The SMILES string of the molecule is CNCCN(C)CCCOCC(F)F. The fourth-order valence-electron chi connectivity index (χ4n) is 1.02. The van der Waals surface area contributed by atoms with Crippen LogP contribution in [0.15, 0.2) is 0 Å². The third-order valence-electron chi connectivity index (χ3n) is 1.82. The molecule has 0 atom stereocenters. The van der Waals surface area contributed by atoms with Crippen LogP contribution in [-0.4, -0.2) is 58.3 Å². The summed E-state index contributed by atoms with van der Waals surface area (Å²) < 4.78 is 28.0. The van der Waals surface area contributed by atoms with E-state index in [1.54, 1.807) is 0 Å². The van der Waals surface area contributed by atoms with Crippen LogP contribution in [0, 0.1) is 0 Å². The molecular formula is C9H20F2N2O. The Labute approximate surface area is 84.4 Å². The molecule has 0 aliphatic carbocycles. The molecule has 0 rings (SSSR count). The Bertz CT molecular complexity index is 125. The Kier molecular flexibility index (Phi) is 9.13. The Hall–Kier alpha value is -0.260. The van der Waals surface area contributed by atoms with Crippen molar-refractivity contribution in [2.45, 2.75) is 12.8 Å². The van der Waals surface area contributed by atoms with E-state index in [1.807, 2.05) is 14.1 Å². The summed E-state index contributed by atoms with van der Waals surface area (Å²) in [7, 11) is 3.91. The Morgan fingerprint density at radius 2 is 2.07 bits per heavy atom. The van der Waals surface area contributed by atoms with Crippen LogP contribution in [0.5, 0.6) is 0 Å². The van der Waals surface area contributed by atoms with Gasteiger partial charge in [0.2, 0.25) is 0 Å². The molecule has 0 saturated heterocycles. The number of rotatable bonds is 9. The van der Waals surface area contributed by atoms with E-state index < -0.39 is 13.0 Å². The molecule has 0 heterocycles. The van der Waals surface area contributed by atoms with E-state index >= 15 is 0 Å². The minimum absolute atomic E-state index is 0.411. The van der Waals surface area contributed by atoms with Crippen LogP contribution in [0.3, 0.4) is 0 Å². The van der Waals surface area contributed by atoms with Gasteiger partial charge in [-0.15, -0.1) is 0 Å². The average molecular weight is 210 g/mol. The molecule has 0 aromatic rings. The first-order chi connectivity index (χ1) is 6.66. The normalized spacial score (nSPS) is 11.6. The highest BCUT2D eigenvalue weighted by Crippen LogP contribution is 1.94. The summed E-state index contributed by atoms with van der Waals surface area (Å²) in [6, 6.07) is 0. The standard InChI is InChI=1S/C9H20F2N2O/c1-12-4-6-13(2)5-3-7-14-8-9(10)11/h9,12H,3-8H2,1-2H3. The van der Waals surface area contributed by atoms with Gasteiger partial charge in [-0.05, 0) is 20.5 Å². The van der Waals surface area contributed by atoms with Crippen molar-refractivity contribution in [2.75, 3.05) is 46.9 Å². The highest BCUT2D eigenvalue weighted by atomic mass is 19.3. The van der Waals surface area contributed by atoms with E-state index in [2.05, 4.69) is 10.2 Å². The van der Waals surface area contributed by atoms with E-state index in [9.17, 15) is 8.78 Å². The zero-order valence-electron chi connectivity index (χ0n) is 8.93. The van der Waals surface area contributed by atoms with Crippen LogP contribution in [0.25, 0.3) is 0 Å². The van der Waals surface area contributed by atoms with Gasteiger partial charge in [0.25, 0.3) is 6.43 Å². The first-order valence-corrected chi connectivity index (χ1v) is 4.86. The van der Waals surface area contributed by atoms with Crippen LogP contribution >= 0.6 is 0 Å². The number of nitrogens with one attached hydrogen (secondary N) is 1. The third kappa shape index (κ3) is 9.83. The van der Waals surface area contributed by atoms with Crippen molar-refractivity contribution in [1.82, 2.24) is 10.2 Å². The van der Waals surface area contributed by atoms with Gasteiger partial charge in [-0.3, -0.25) is 0 Å². The first-order valence-electron chi connectivity index (χ1n) is 4.86. The molecule has 0 spiro atoms. The smallest absolute Gasteiger partial charge is 0.261 e. The maximum absolute atomic E-state index is 11.6. The molecule has 0 amide bonds. The summed E-state index contributed by atoms with van der Waals surface area (Å²) in [6.07, 6.45) is -1.55. The zero-order valence-corrected chi connectivity index (χ0v) is 8.93. The monoisotopic (exact) mass is 210 g/mol. The predicted octanol–water partition coefficient (Wildman–Crippen LogP) is 0.809. The first kappa shape index (κ1) is 13.7. The van der Waals surface area contributed by atoms with Crippen molar-refractivity contribution in [3.63, 3.8) is 0 Å². The Balaban J connectivity index is 3.10. The molecule has 3 nitrogen and oxygen atoms in total. The van der Waals surface area contributed by atoms with Gasteiger partial charge in [-0.2, -0.15) is 0 Å². The lowest BCUT2D eigenvalue weighted by molar-refractivity contribution is 0.0150. The van der Waals surface area contributed by atoms with Gasteiger partial charge in [-0.25, -0.2) is 8.78 Å². The lowest BCUT2D eigenvalue weighted by Crippen LogP contribution is -2.28. The van der Waals surface area contributed by atoms with Gasteiger partial charge in [0.15, 0.2) is 0 Å². The predicted molar refractivity (Wildman–Crippen MR) is 52.9 cm³/mol. The zero-order chi connectivity index (χ0) is 10.8. The topological polar surface area (TPSA) is 24.5 Å². The Morgan fingerprint density at radius 3 is 2.64 bits per heavy atom. The molecule has 0 aliphatic rings. The number of nitrogens with zero attached hydrogens (tertiary/aromatic N) is 1. The summed E-state index contributed by atoms with van der Waals surface area (Å²) in [5, 5.41) is 3.04. The van der Waals surface area contributed by atoms with Crippen LogP contribution < -0.4 is 5.32 Å². The minimum Gasteiger partial charge on any atom is -0.375 e. The lowest BCUT2D eigenvalue weighted by Gasteiger charge is -2.15. The summed E-state index contributed by atoms with van der Waals surface area (Å²) in [6.45, 7) is 2.75. The van der Waals surface area contributed by atoms with Crippen LogP contribution in [0.4, 0.5) is 8.78 Å². The van der Waals surface area contributed by atoms with E-state index in [1.165, 1.54) is 0 Å². The second-order valence-corrected chi connectivity index (χ2v) is 3.23. The molecule has 0 radical (unpaired) electrons. The molecule has 14 heavy (non-hydrogen) atoms. The Morgan fingerprint density at radius 1 is 1.36 bits per heavy atom. The maximum atomic E-state index is 11.6. The molecule has 0 aliphatic heterocycles. The van der Waals surface area contributed by atoms with Crippen molar-refractivity contribution in [2.24, 2.45) is 0 Å². The van der Waals surface area contributed by atoms with Crippen LogP contribution in [-0.2, 0) is 4.74 Å². The number of ether oxygens (including phenoxy) is 1. The van der Waals surface area contributed by atoms with Crippen molar-refractivity contribution in [3.8, 4) is 0 Å². The fourth-order valence-corrected chi connectivity index (χ4v) is 1.02. The molecule has 5 heteroatoms. The summed E-state index contributed by atoms with van der Waals surface area (Å²) in [5.74, 6) is 0. The number of hydrogen-bond acceptors (Lipinski definition) is 3. The fraction of sp³-hybridized carbons (Fsp3) is 1.00. The number of halogens is 2.